The molecule has 0 fully saturated rings. The van der Waals surface area contributed by atoms with Crippen LogP contribution in [0.1, 0.15) is 65.1 Å². The molecule has 0 saturated heterocycles. The average molecular weight is 598 g/mol. The van der Waals surface area contributed by atoms with Crippen LogP contribution in [0.5, 0.6) is 0 Å². The third kappa shape index (κ3) is 4.54. The molecule has 2 heterocycles. The van der Waals surface area contributed by atoms with Crippen molar-refractivity contribution in [3.63, 3.8) is 0 Å². The van der Waals surface area contributed by atoms with Crippen molar-refractivity contribution in [2.45, 2.75) is 51.6 Å². The highest BCUT2D eigenvalue weighted by Crippen LogP contribution is 2.44. The van der Waals surface area contributed by atoms with E-state index in [-0.39, 0.29) is 17.1 Å². The standard InChI is InChI=1S/C38H35NO2SSi/c1-3-5-21-43(22-6-4-2)34-17-11-9-15-32(34)39(33-16-10-12-18-35(33)43)36-20-19-28(42-36)25-31-37(40)29-23-26-13-7-8-14-27(26)24-30(29)38(31)41/h7-20,23-25H,3-6,21-22H2,1-2H3. The van der Waals surface area contributed by atoms with Crippen molar-refractivity contribution in [2.75, 3.05) is 4.90 Å². The first-order chi connectivity index (χ1) is 21.1. The molecule has 0 N–H and O–H groups in total. The van der Waals surface area contributed by atoms with Crippen LogP contribution in [0.3, 0.4) is 0 Å². The van der Waals surface area contributed by atoms with Crippen LogP contribution in [0.4, 0.5) is 16.4 Å². The molecule has 0 amide bonds. The number of allylic oxidation sites excluding steroid dienone is 1. The number of rotatable bonds is 8. The van der Waals surface area contributed by atoms with E-state index in [1.807, 2.05) is 42.5 Å². The molecule has 43 heavy (non-hydrogen) atoms. The number of hydrogen-bond donors (Lipinski definition) is 0. The van der Waals surface area contributed by atoms with Crippen LogP contribution in [0.2, 0.25) is 12.1 Å². The maximum absolute atomic E-state index is 13.4. The molecule has 0 radical (unpaired) electrons. The number of Topliss-reactive ketones (excluding diaryl/α,β-unsaturated/α-hetero) is 2. The summed E-state index contributed by atoms with van der Waals surface area (Å²) in [6, 6.07) is 36.4. The smallest absolute Gasteiger partial charge is 0.197 e. The van der Waals surface area contributed by atoms with Crippen molar-refractivity contribution in [2.24, 2.45) is 0 Å². The first kappa shape index (κ1) is 27.8. The molecule has 1 aliphatic carbocycles. The Morgan fingerprint density at radius 1 is 0.674 bits per heavy atom. The van der Waals surface area contributed by atoms with Gasteiger partial charge in [-0.25, -0.2) is 0 Å². The molecule has 0 saturated carbocycles. The van der Waals surface area contributed by atoms with E-state index in [2.05, 4.69) is 73.3 Å². The summed E-state index contributed by atoms with van der Waals surface area (Å²) >= 11 is 1.64. The maximum atomic E-state index is 13.4. The monoisotopic (exact) mass is 597 g/mol. The van der Waals surface area contributed by atoms with E-state index in [0.29, 0.717) is 11.1 Å². The van der Waals surface area contributed by atoms with E-state index in [1.54, 1.807) is 17.4 Å². The highest BCUT2D eigenvalue weighted by Gasteiger charge is 2.44. The first-order valence-electron chi connectivity index (χ1n) is 15.5. The van der Waals surface area contributed by atoms with E-state index in [1.165, 1.54) is 59.5 Å². The fourth-order valence-corrected chi connectivity index (χ4v) is 13.8. The molecular weight excluding hydrogens is 563 g/mol. The van der Waals surface area contributed by atoms with Crippen LogP contribution in [0.15, 0.2) is 103 Å². The van der Waals surface area contributed by atoms with E-state index < -0.39 is 8.07 Å². The topological polar surface area (TPSA) is 37.4 Å². The summed E-state index contributed by atoms with van der Waals surface area (Å²) in [5.41, 5.74) is 3.84. The number of carbonyl (C=O) groups excluding carboxylic acids is 2. The van der Waals surface area contributed by atoms with Gasteiger partial charge >= 0.3 is 0 Å². The van der Waals surface area contributed by atoms with Gasteiger partial charge in [0, 0.05) is 27.4 Å². The Morgan fingerprint density at radius 3 is 1.72 bits per heavy atom. The van der Waals surface area contributed by atoms with Crippen molar-refractivity contribution in [3.8, 4) is 0 Å². The SMILES string of the molecule is CCCC[Si]1(CCCC)c2ccccc2N(c2ccc(C=C3C(=O)c4cc5ccccc5cc4C3=O)s2)c2ccccc21. The number of fused-ring (bicyclic) bond motifs is 4. The number of benzene rings is 4. The molecule has 5 aromatic rings. The fraction of sp³-hybridized carbons (Fsp3) is 0.211. The van der Waals surface area contributed by atoms with Gasteiger partial charge in [-0.2, -0.15) is 0 Å². The Morgan fingerprint density at radius 2 is 1.19 bits per heavy atom. The predicted octanol–water partition coefficient (Wildman–Crippen LogP) is 9.31. The van der Waals surface area contributed by atoms with Crippen LogP contribution >= 0.6 is 11.3 Å². The van der Waals surface area contributed by atoms with Crippen molar-refractivity contribution < 1.29 is 9.59 Å². The zero-order valence-corrected chi connectivity index (χ0v) is 26.5. The van der Waals surface area contributed by atoms with Gasteiger partial charge in [-0.1, -0.05) is 100 Å². The highest BCUT2D eigenvalue weighted by molar-refractivity contribution is 7.17. The zero-order valence-electron chi connectivity index (χ0n) is 24.7. The van der Waals surface area contributed by atoms with E-state index >= 15 is 0 Å². The number of para-hydroxylation sites is 2. The molecule has 7 rings (SSSR count). The van der Waals surface area contributed by atoms with E-state index in [9.17, 15) is 9.59 Å². The molecule has 214 valence electrons. The normalized spacial score (nSPS) is 15.0. The minimum absolute atomic E-state index is 0.183. The second-order valence-corrected chi connectivity index (χ2v) is 17.1. The lowest BCUT2D eigenvalue weighted by molar-refractivity contribution is 0.0990. The predicted molar refractivity (Wildman–Crippen MR) is 184 cm³/mol. The molecule has 0 bridgehead atoms. The summed E-state index contributed by atoms with van der Waals surface area (Å²) in [5.74, 6) is -0.367. The van der Waals surface area contributed by atoms with Gasteiger partial charge in [-0.3, -0.25) is 9.59 Å². The first-order valence-corrected chi connectivity index (χ1v) is 18.7. The highest BCUT2D eigenvalue weighted by atomic mass is 32.1. The van der Waals surface area contributed by atoms with Crippen molar-refractivity contribution in [1.82, 2.24) is 0 Å². The molecule has 1 aromatic heterocycles. The fourth-order valence-electron chi connectivity index (χ4n) is 7.10. The summed E-state index contributed by atoms with van der Waals surface area (Å²) in [4.78, 5) is 30.2. The lowest BCUT2D eigenvalue weighted by Crippen LogP contribution is -2.62. The molecule has 2 aliphatic rings. The van der Waals surface area contributed by atoms with Crippen molar-refractivity contribution >= 4 is 74.6 Å². The molecule has 4 aromatic carbocycles. The second kappa shape index (κ2) is 11.2. The van der Waals surface area contributed by atoms with Gasteiger partial charge in [0.1, 0.15) is 13.1 Å². The number of ketones is 2. The van der Waals surface area contributed by atoms with Gasteiger partial charge in [0.2, 0.25) is 0 Å². The second-order valence-electron chi connectivity index (χ2n) is 11.8. The molecule has 3 nitrogen and oxygen atoms in total. The Balaban J connectivity index is 1.30. The number of nitrogens with zero attached hydrogens (tertiary/aromatic N) is 1. The average Bonchev–Trinajstić information content (AvgIpc) is 3.60. The number of thiophene rings is 1. The van der Waals surface area contributed by atoms with Crippen molar-refractivity contribution in [1.29, 1.82) is 0 Å². The van der Waals surface area contributed by atoms with Crippen LogP contribution < -0.4 is 15.3 Å². The van der Waals surface area contributed by atoms with Crippen molar-refractivity contribution in [3.05, 3.63) is 119 Å². The van der Waals surface area contributed by atoms with Gasteiger partial charge in [0.05, 0.1) is 5.57 Å². The molecule has 0 atom stereocenters. The van der Waals surface area contributed by atoms with Crippen LogP contribution in [0.25, 0.3) is 16.8 Å². The Kier molecular flexibility index (Phi) is 7.24. The lowest BCUT2D eigenvalue weighted by Gasteiger charge is -2.44. The summed E-state index contributed by atoms with van der Waals surface area (Å²) in [6.45, 7) is 4.61. The molecule has 0 unspecified atom stereocenters. The number of carbonyl (C=O) groups is 2. The summed E-state index contributed by atoms with van der Waals surface area (Å²) < 4.78 is 0. The van der Waals surface area contributed by atoms with Gasteiger partial charge in [0.25, 0.3) is 0 Å². The Hall–Kier alpha value is -4.06. The van der Waals surface area contributed by atoms with Crippen LogP contribution in [-0.2, 0) is 0 Å². The van der Waals surface area contributed by atoms with Gasteiger partial charge in [-0.15, -0.1) is 11.3 Å². The van der Waals surface area contributed by atoms with Gasteiger partial charge < -0.3 is 4.90 Å². The molecule has 5 heteroatoms. The summed E-state index contributed by atoms with van der Waals surface area (Å²) in [6.07, 6.45) is 6.70. The molecule has 0 spiro atoms. The molecular formula is C38H35NO2SSi. The largest absolute Gasteiger partial charge is 0.302 e. The van der Waals surface area contributed by atoms with Gasteiger partial charge in [-0.05, 0) is 75.7 Å². The van der Waals surface area contributed by atoms with E-state index in [4.69, 9.17) is 0 Å². The third-order valence-electron chi connectivity index (χ3n) is 9.22. The maximum Gasteiger partial charge on any atom is 0.197 e. The Labute approximate surface area is 258 Å². The third-order valence-corrected chi connectivity index (χ3v) is 15.6. The zero-order chi connectivity index (χ0) is 29.6. The minimum Gasteiger partial charge on any atom is -0.302 e. The number of unbranched alkanes of at least 4 members (excludes halogenated alkanes) is 2. The number of hydrogen-bond acceptors (Lipinski definition) is 4. The summed E-state index contributed by atoms with van der Waals surface area (Å²) in [5, 5.41) is 6.12. The van der Waals surface area contributed by atoms with Crippen LogP contribution in [0, 0.1) is 0 Å². The number of anilines is 3. The van der Waals surface area contributed by atoms with Gasteiger partial charge in [0.15, 0.2) is 11.6 Å². The van der Waals surface area contributed by atoms with E-state index in [0.717, 1.165) is 20.7 Å². The molecule has 1 aliphatic heterocycles. The Bertz CT molecular complexity index is 1800. The summed E-state index contributed by atoms with van der Waals surface area (Å²) in [7, 11) is -1.98. The minimum atomic E-state index is -1.98. The van der Waals surface area contributed by atoms with Crippen LogP contribution in [-0.4, -0.2) is 19.6 Å². The quantitative estimate of drug-likeness (QED) is 0.102. The lowest BCUT2D eigenvalue weighted by atomic mass is 10.0.